The highest BCUT2D eigenvalue weighted by Crippen LogP contribution is 2.19. The number of pyridine rings is 1. The number of likely N-dealkylation sites (tertiary alicyclic amines) is 1. The molecule has 0 spiro atoms. The lowest BCUT2D eigenvalue weighted by atomic mass is 10.1. The summed E-state index contributed by atoms with van der Waals surface area (Å²) in [5, 5.41) is 0. The summed E-state index contributed by atoms with van der Waals surface area (Å²) in [6, 6.07) is 8.61. The number of piperidine rings is 1. The van der Waals surface area contributed by atoms with Crippen LogP contribution < -0.4 is 4.74 Å². The highest BCUT2D eigenvalue weighted by molar-refractivity contribution is 5.77. The highest BCUT2D eigenvalue weighted by atomic mass is 19.1. The second-order valence-electron chi connectivity index (χ2n) is 6.10. The second kappa shape index (κ2) is 8.71. The van der Waals surface area contributed by atoms with Gasteiger partial charge in [0.25, 0.3) is 5.91 Å². The van der Waals surface area contributed by atoms with Gasteiger partial charge < -0.3 is 14.4 Å². The molecule has 0 bridgehead atoms. The largest absolute Gasteiger partial charge is 0.481 e. The van der Waals surface area contributed by atoms with Gasteiger partial charge in [0.15, 0.2) is 18.2 Å². The third-order valence-corrected chi connectivity index (χ3v) is 4.17. The fourth-order valence-electron chi connectivity index (χ4n) is 2.81. The van der Waals surface area contributed by atoms with E-state index in [4.69, 9.17) is 9.47 Å². The van der Waals surface area contributed by atoms with Crippen molar-refractivity contribution in [2.45, 2.75) is 25.6 Å². The fraction of sp³-hybridized carbons (Fsp3) is 0.368. The van der Waals surface area contributed by atoms with Crippen molar-refractivity contribution in [2.24, 2.45) is 0 Å². The normalized spacial score (nSPS) is 17.2. The Kier molecular flexibility index (Phi) is 6.12. The Hall–Kier alpha value is -2.54. The molecule has 0 saturated carbocycles. The van der Waals surface area contributed by atoms with E-state index in [0.717, 1.165) is 30.7 Å². The van der Waals surface area contributed by atoms with Crippen molar-refractivity contribution in [3.63, 3.8) is 0 Å². The third kappa shape index (κ3) is 4.98. The molecule has 0 aliphatic carbocycles. The fourth-order valence-corrected chi connectivity index (χ4v) is 2.81. The molecule has 0 radical (unpaired) electrons. The Bertz CT molecular complexity index is 743. The van der Waals surface area contributed by atoms with Crippen LogP contribution in [0.25, 0.3) is 0 Å². The second-order valence-corrected chi connectivity index (χ2v) is 6.10. The van der Waals surface area contributed by atoms with E-state index in [1.165, 1.54) is 6.07 Å². The molecular weight excluding hydrogens is 342 g/mol. The van der Waals surface area contributed by atoms with Gasteiger partial charge in [-0.1, -0.05) is 6.07 Å². The van der Waals surface area contributed by atoms with E-state index >= 15 is 0 Å². The molecular formula is C19H20F2N2O3. The molecule has 26 heavy (non-hydrogen) atoms. The van der Waals surface area contributed by atoms with Gasteiger partial charge in [-0.15, -0.1) is 0 Å². The Morgan fingerprint density at radius 2 is 2.15 bits per heavy atom. The molecule has 1 aromatic heterocycles. The monoisotopic (exact) mass is 362 g/mol. The molecule has 2 aromatic rings. The Labute approximate surface area is 150 Å². The summed E-state index contributed by atoms with van der Waals surface area (Å²) in [6.45, 7) is 1.17. The zero-order valence-electron chi connectivity index (χ0n) is 14.2. The van der Waals surface area contributed by atoms with Gasteiger partial charge in [0.1, 0.15) is 5.82 Å². The summed E-state index contributed by atoms with van der Waals surface area (Å²) >= 11 is 0. The zero-order chi connectivity index (χ0) is 18.4. The van der Waals surface area contributed by atoms with Crippen molar-refractivity contribution in [3.05, 3.63) is 59.9 Å². The minimum absolute atomic E-state index is 0.0720. The minimum atomic E-state index is -0.826. The van der Waals surface area contributed by atoms with E-state index in [-0.39, 0.29) is 24.4 Å². The molecule has 5 nitrogen and oxygen atoms in total. The molecule has 2 heterocycles. The minimum Gasteiger partial charge on any atom is -0.481 e. The van der Waals surface area contributed by atoms with Gasteiger partial charge in [0.05, 0.1) is 18.4 Å². The van der Waals surface area contributed by atoms with Crippen molar-refractivity contribution in [1.82, 2.24) is 9.88 Å². The van der Waals surface area contributed by atoms with Gasteiger partial charge in [-0.25, -0.2) is 8.78 Å². The van der Waals surface area contributed by atoms with Gasteiger partial charge in [-0.05, 0) is 37.1 Å². The first-order valence-corrected chi connectivity index (χ1v) is 8.49. The van der Waals surface area contributed by atoms with E-state index < -0.39 is 11.6 Å². The Morgan fingerprint density at radius 3 is 2.92 bits per heavy atom. The van der Waals surface area contributed by atoms with Crippen molar-refractivity contribution >= 4 is 5.91 Å². The summed E-state index contributed by atoms with van der Waals surface area (Å²) in [5.41, 5.74) is 0.839. The van der Waals surface area contributed by atoms with E-state index in [0.29, 0.717) is 19.7 Å². The number of amides is 1. The van der Waals surface area contributed by atoms with Crippen molar-refractivity contribution in [2.75, 3.05) is 19.7 Å². The molecule has 0 N–H and O–H groups in total. The molecule has 1 aliphatic rings. The lowest BCUT2D eigenvalue weighted by Crippen LogP contribution is -2.45. The molecule has 1 atom stereocenters. The number of hydrogen-bond acceptors (Lipinski definition) is 4. The van der Waals surface area contributed by atoms with Crippen molar-refractivity contribution < 1.29 is 23.0 Å². The number of ether oxygens (including phenoxy) is 2. The maximum atomic E-state index is 13.6. The molecule has 1 fully saturated rings. The summed E-state index contributed by atoms with van der Waals surface area (Å²) in [6.07, 6.45) is 3.33. The van der Waals surface area contributed by atoms with E-state index in [2.05, 4.69) is 4.98 Å². The van der Waals surface area contributed by atoms with Crippen LogP contribution in [0.2, 0.25) is 0 Å². The van der Waals surface area contributed by atoms with Crippen LogP contribution >= 0.6 is 0 Å². The molecule has 1 aromatic carbocycles. The summed E-state index contributed by atoms with van der Waals surface area (Å²) in [5.74, 6) is -1.90. The summed E-state index contributed by atoms with van der Waals surface area (Å²) in [7, 11) is 0. The smallest absolute Gasteiger partial charge is 0.260 e. The number of aromatic nitrogens is 1. The number of carbonyl (C=O) groups is 1. The molecule has 1 unspecified atom stereocenters. The predicted octanol–water partition coefficient (Wildman–Crippen LogP) is 2.95. The van der Waals surface area contributed by atoms with Crippen LogP contribution in [-0.2, 0) is 16.1 Å². The number of nitrogens with zero attached hydrogens (tertiary/aromatic N) is 2. The molecule has 1 aliphatic heterocycles. The molecule has 3 rings (SSSR count). The lowest BCUT2D eigenvalue weighted by Gasteiger charge is -2.32. The van der Waals surface area contributed by atoms with Gasteiger partial charge >= 0.3 is 0 Å². The third-order valence-electron chi connectivity index (χ3n) is 4.17. The summed E-state index contributed by atoms with van der Waals surface area (Å²) in [4.78, 5) is 18.2. The zero-order valence-corrected chi connectivity index (χ0v) is 14.2. The van der Waals surface area contributed by atoms with Crippen LogP contribution in [0.3, 0.4) is 0 Å². The highest BCUT2D eigenvalue weighted by Gasteiger charge is 2.24. The standard InChI is InChI=1S/C19H20F2N2O3/c20-14-6-7-18(17(21)10-14)26-13-19(24)23-9-3-5-16(11-23)25-12-15-4-1-2-8-22-15/h1-2,4,6-8,10,16H,3,5,9,11-13H2. The molecule has 138 valence electrons. The number of benzene rings is 1. The number of hydrogen-bond donors (Lipinski definition) is 0. The SMILES string of the molecule is O=C(COc1ccc(F)cc1F)N1CCCC(OCc2ccccn2)C1. The average Bonchev–Trinajstić information content (AvgIpc) is 2.66. The molecule has 1 amide bonds. The van der Waals surface area contributed by atoms with Crippen LogP contribution in [0, 0.1) is 11.6 Å². The Balaban J connectivity index is 1.48. The van der Waals surface area contributed by atoms with E-state index in [9.17, 15) is 13.6 Å². The van der Waals surface area contributed by atoms with Gasteiger partial charge in [-0.3, -0.25) is 9.78 Å². The topological polar surface area (TPSA) is 51.7 Å². The average molecular weight is 362 g/mol. The van der Waals surface area contributed by atoms with Crippen molar-refractivity contribution in [3.8, 4) is 5.75 Å². The lowest BCUT2D eigenvalue weighted by molar-refractivity contribution is -0.137. The molecule has 7 heteroatoms. The molecule has 1 saturated heterocycles. The van der Waals surface area contributed by atoms with Crippen LogP contribution in [0.5, 0.6) is 5.75 Å². The first-order chi connectivity index (χ1) is 12.6. The summed E-state index contributed by atoms with van der Waals surface area (Å²) < 4.78 is 37.5. The van der Waals surface area contributed by atoms with Crippen LogP contribution in [-0.4, -0.2) is 41.6 Å². The quantitative estimate of drug-likeness (QED) is 0.793. The maximum Gasteiger partial charge on any atom is 0.260 e. The predicted molar refractivity (Wildman–Crippen MR) is 90.5 cm³/mol. The van der Waals surface area contributed by atoms with Crippen molar-refractivity contribution in [1.29, 1.82) is 0 Å². The first-order valence-electron chi connectivity index (χ1n) is 8.49. The van der Waals surface area contributed by atoms with Crippen LogP contribution in [0.15, 0.2) is 42.6 Å². The number of halogens is 2. The number of carbonyl (C=O) groups excluding carboxylic acids is 1. The Morgan fingerprint density at radius 1 is 1.27 bits per heavy atom. The van der Waals surface area contributed by atoms with Crippen LogP contribution in [0.1, 0.15) is 18.5 Å². The van der Waals surface area contributed by atoms with E-state index in [1.54, 1.807) is 11.1 Å². The maximum absolute atomic E-state index is 13.6. The first kappa shape index (κ1) is 18.3. The van der Waals surface area contributed by atoms with Gasteiger partial charge in [0.2, 0.25) is 0 Å². The van der Waals surface area contributed by atoms with Crippen LogP contribution in [0.4, 0.5) is 8.78 Å². The van der Waals surface area contributed by atoms with Gasteiger partial charge in [0, 0.05) is 25.4 Å². The number of rotatable bonds is 6. The van der Waals surface area contributed by atoms with Gasteiger partial charge in [-0.2, -0.15) is 0 Å². The van der Waals surface area contributed by atoms with E-state index in [1.807, 2.05) is 18.2 Å².